The first kappa shape index (κ1) is 9.49. The molecular formula is C9H13ClN2. The normalized spacial score (nSPS) is 13.0. The molecule has 1 atom stereocenters. The van der Waals surface area contributed by atoms with Gasteiger partial charge in [-0.15, -0.1) is 0 Å². The lowest BCUT2D eigenvalue weighted by Gasteiger charge is -2.11. The molecule has 2 nitrogen and oxygen atoms in total. The van der Waals surface area contributed by atoms with Crippen LogP contribution >= 0.6 is 11.6 Å². The van der Waals surface area contributed by atoms with Crippen LogP contribution in [0.3, 0.4) is 0 Å². The molecule has 0 saturated heterocycles. The molecule has 0 fully saturated rings. The van der Waals surface area contributed by atoms with E-state index in [0.29, 0.717) is 5.15 Å². The molecule has 0 aliphatic heterocycles. The maximum atomic E-state index is 5.86. The van der Waals surface area contributed by atoms with E-state index in [0.717, 1.165) is 17.7 Å². The van der Waals surface area contributed by atoms with Crippen LogP contribution in [0, 0.1) is 6.92 Å². The minimum Gasteiger partial charge on any atom is -0.324 e. The van der Waals surface area contributed by atoms with Gasteiger partial charge in [-0.1, -0.05) is 24.6 Å². The van der Waals surface area contributed by atoms with E-state index in [9.17, 15) is 0 Å². The molecule has 12 heavy (non-hydrogen) atoms. The summed E-state index contributed by atoms with van der Waals surface area (Å²) in [7, 11) is 0. The van der Waals surface area contributed by atoms with Crippen molar-refractivity contribution in [3.8, 4) is 0 Å². The molecule has 1 heterocycles. The maximum absolute atomic E-state index is 5.86. The molecule has 1 unspecified atom stereocenters. The van der Waals surface area contributed by atoms with Gasteiger partial charge in [0.1, 0.15) is 5.15 Å². The molecule has 0 aromatic carbocycles. The summed E-state index contributed by atoms with van der Waals surface area (Å²) in [5, 5.41) is 0.527. The van der Waals surface area contributed by atoms with Crippen molar-refractivity contribution in [2.24, 2.45) is 5.73 Å². The van der Waals surface area contributed by atoms with Crippen molar-refractivity contribution in [2.45, 2.75) is 26.3 Å². The minimum atomic E-state index is 0.0785. The summed E-state index contributed by atoms with van der Waals surface area (Å²) in [6, 6.07) is 3.80. The summed E-state index contributed by atoms with van der Waals surface area (Å²) in [5.74, 6) is 0. The molecule has 1 aromatic heterocycles. The van der Waals surface area contributed by atoms with Crippen molar-refractivity contribution < 1.29 is 0 Å². The van der Waals surface area contributed by atoms with Crippen molar-refractivity contribution in [1.29, 1.82) is 0 Å². The Morgan fingerprint density at radius 3 is 2.75 bits per heavy atom. The van der Waals surface area contributed by atoms with Gasteiger partial charge in [0.15, 0.2) is 0 Å². The first-order chi connectivity index (χ1) is 5.65. The van der Waals surface area contributed by atoms with Gasteiger partial charge < -0.3 is 5.73 Å². The Morgan fingerprint density at radius 1 is 1.58 bits per heavy atom. The highest BCUT2D eigenvalue weighted by atomic mass is 35.5. The molecule has 0 radical (unpaired) electrons. The molecule has 1 rings (SSSR count). The topological polar surface area (TPSA) is 38.9 Å². The van der Waals surface area contributed by atoms with Crippen molar-refractivity contribution in [3.05, 3.63) is 28.5 Å². The summed E-state index contributed by atoms with van der Waals surface area (Å²) in [6.07, 6.45) is 0.921. The summed E-state index contributed by atoms with van der Waals surface area (Å²) in [6.45, 7) is 3.98. The van der Waals surface area contributed by atoms with Crippen molar-refractivity contribution in [3.63, 3.8) is 0 Å². The lowest BCUT2D eigenvalue weighted by atomic mass is 10.0. The van der Waals surface area contributed by atoms with E-state index in [1.807, 2.05) is 13.0 Å². The largest absolute Gasteiger partial charge is 0.324 e. The number of nitrogens with two attached hydrogens (primary N) is 1. The molecule has 0 saturated carbocycles. The van der Waals surface area contributed by atoms with Gasteiger partial charge in [-0.25, -0.2) is 4.98 Å². The van der Waals surface area contributed by atoms with Crippen LogP contribution in [0.4, 0.5) is 0 Å². The van der Waals surface area contributed by atoms with Gasteiger partial charge in [0.25, 0.3) is 0 Å². The van der Waals surface area contributed by atoms with Crippen LogP contribution in [0.25, 0.3) is 0 Å². The van der Waals surface area contributed by atoms with E-state index in [4.69, 9.17) is 17.3 Å². The Kier molecular flexibility index (Phi) is 3.06. The fourth-order valence-electron chi connectivity index (χ4n) is 1.15. The van der Waals surface area contributed by atoms with E-state index < -0.39 is 0 Å². The molecule has 3 heteroatoms. The van der Waals surface area contributed by atoms with Crippen LogP contribution in [0.15, 0.2) is 12.1 Å². The number of aryl methyl sites for hydroxylation is 1. The second-order valence-electron chi connectivity index (χ2n) is 2.82. The third kappa shape index (κ3) is 1.96. The molecule has 0 bridgehead atoms. The number of hydrogen-bond acceptors (Lipinski definition) is 2. The van der Waals surface area contributed by atoms with E-state index in [1.54, 1.807) is 6.07 Å². The first-order valence-electron chi connectivity index (χ1n) is 4.03. The summed E-state index contributed by atoms with van der Waals surface area (Å²) in [5.41, 5.74) is 7.87. The highest BCUT2D eigenvalue weighted by molar-refractivity contribution is 6.29. The Balaban J connectivity index is 3.01. The predicted octanol–water partition coefficient (Wildman–Crippen LogP) is 2.45. The second-order valence-corrected chi connectivity index (χ2v) is 3.21. The number of nitrogens with zero attached hydrogens (tertiary/aromatic N) is 1. The van der Waals surface area contributed by atoms with Gasteiger partial charge in [-0.05, 0) is 25.0 Å². The fraction of sp³-hybridized carbons (Fsp3) is 0.444. The van der Waals surface area contributed by atoms with Crippen molar-refractivity contribution in [2.75, 3.05) is 0 Å². The lowest BCUT2D eigenvalue weighted by molar-refractivity contribution is 0.689. The van der Waals surface area contributed by atoms with Gasteiger partial charge in [-0.2, -0.15) is 0 Å². The van der Waals surface area contributed by atoms with Crippen LogP contribution in [0.5, 0.6) is 0 Å². The highest BCUT2D eigenvalue weighted by Gasteiger charge is 2.07. The van der Waals surface area contributed by atoms with Crippen LogP contribution < -0.4 is 5.73 Å². The summed E-state index contributed by atoms with van der Waals surface area (Å²) < 4.78 is 0. The Hall–Kier alpha value is -0.600. The zero-order chi connectivity index (χ0) is 9.14. The Bertz CT molecular complexity index is 273. The molecule has 66 valence electrons. The number of aromatic nitrogens is 1. The first-order valence-corrected chi connectivity index (χ1v) is 4.41. The van der Waals surface area contributed by atoms with E-state index >= 15 is 0 Å². The highest BCUT2D eigenvalue weighted by Crippen LogP contribution is 2.18. The van der Waals surface area contributed by atoms with Gasteiger partial charge in [0.2, 0.25) is 0 Å². The molecule has 2 N–H and O–H groups in total. The molecule has 0 amide bonds. The summed E-state index contributed by atoms with van der Waals surface area (Å²) >= 11 is 5.71. The quantitative estimate of drug-likeness (QED) is 0.718. The SMILES string of the molecule is CCC(N)c1ccc(Cl)nc1C. The number of rotatable bonds is 2. The van der Waals surface area contributed by atoms with E-state index in [1.165, 1.54) is 0 Å². The zero-order valence-corrected chi connectivity index (χ0v) is 8.10. The van der Waals surface area contributed by atoms with E-state index in [-0.39, 0.29) is 6.04 Å². The smallest absolute Gasteiger partial charge is 0.129 e. The molecular weight excluding hydrogens is 172 g/mol. The molecule has 0 aliphatic rings. The minimum absolute atomic E-state index is 0.0785. The van der Waals surface area contributed by atoms with Crippen LogP contribution in [0.1, 0.15) is 30.6 Å². The van der Waals surface area contributed by atoms with Crippen LogP contribution in [0.2, 0.25) is 5.15 Å². The number of halogens is 1. The van der Waals surface area contributed by atoms with Gasteiger partial charge in [0.05, 0.1) is 0 Å². The Labute approximate surface area is 77.8 Å². The van der Waals surface area contributed by atoms with Crippen molar-refractivity contribution in [1.82, 2.24) is 4.98 Å². The van der Waals surface area contributed by atoms with Gasteiger partial charge in [0, 0.05) is 11.7 Å². The average Bonchev–Trinajstić information content (AvgIpc) is 2.03. The molecule has 0 spiro atoms. The number of hydrogen-bond donors (Lipinski definition) is 1. The standard InChI is InChI=1S/C9H13ClN2/c1-3-8(11)7-4-5-9(10)12-6(7)2/h4-5,8H,3,11H2,1-2H3. The third-order valence-electron chi connectivity index (χ3n) is 1.93. The second kappa shape index (κ2) is 3.87. The summed E-state index contributed by atoms with van der Waals surface area (Å²) in [4.78, 5) is 4.13. The van der Waals surface area contributed by atoms with Gasteiger partial charge >= 0.3 is 0 Å². The third-order valence-corrected chi connectivity index (χ3v) is 2.14. The van der Waals surface area contributed by atoms with Crippen molar-refractivity contribution >= 4 is 11.6 Å². The molecule has 1 aromatic rings. The predicted molar refractivity (Wildman–Crippen MR) is 51.2 cm³/mol. The van der Waals surface area contributed by atoms with Crippen LogP contribution in [-0.4, -0.2) is 4.98 Å². The molecule has 0 aliphatic carbocycles. The van der Waals surface area contributed by atoms with E-state index in [2.05, 4.69) is 11.9 Å². The monoisotopic (exact) mass is 184 g/mol. The average molecular weight is 185 g/mol. The lowest BCUT2D eigenvalue weighted by Crippen LogP contribution is -2.10. The van der Waals surface area contributed by atoms with Crippen LogP contribution in [-0.2, 0) is 0 Å². The zero-order valence-electron chi connectivity index (χ0n) is 7.34. The fourth-order valence-corrected chi connectivity index (χ4v) is 1.34. The number of pyridine rings is 1. The Morgan fingerprint density at radius 2 is 2.25 bits per heavy atom. The van der Waals surface area contributed by atoms with Gasteiger partial charge in [-0.3, -0.25) is 0 Å². The maximum Gasteiger partial charge on any atom is 0.129 e.